The van der Waals surface area contributed by atoms with Gasteiger partial charge in [0.25, 0.3) is 0 Å². The molecule has 3 rings (SSSR count). The molecule has 0 saturated carbocycles. The minimum absolute atomic E-state index is 0.334. The van der Waals surface area contributed by atoms with Crippen LogP contribution in [-0.2, 0) is 5.67 Å². The zero-order valence-electron chi connectivity index (χ0n) is 12.7. The summed E-state index contributed by atoms with van der Waals surface area (Å²) >= 11 is 0. The van der Waals surface area contributed by atoms with Crippen molar-refractivity contribution in [1.82, 2.24) is 10.2 Å². The van der Waals surface area contributed by atoms with E-state index in [4.69, 9.17) is 0 Å². The number of piperidine rings is 1. The highest BCUT2D eigenvalue weighted by molar-refractivity contribution is 5.30. The summed E-state index contributed by atoms with van der Waals surface area (Å²) in [5, 5.41) is 3.36. The molecule has 2 heterocycles. The number of alkyl halides is 1. The molecule has 4 heteroatoms. The third-order valence-electron chi connectivity index (χ3n) is 4.83. The number of aryl methyl sites for hydroxylation is 1. The van der Waals surface area contributed by atoms with Crippen molar-refractivity contribution < 1.29 is 8.78 Å². The largest absolute Gasteiger partial charge is 0.317 e. The summed E-state index contributed by atoms with van der Waals surface area (Å²) in [5.74, 6) is 0.335. The van der Waals surface area contributed by atoms with E-state index in [1.165, 1.54) is 25.0 Å². The van der Waals surface area contributed by atoms with Crippen molar-refractivity contribution in [3.63, 3.8) is 0 Å². The number of halogens is 2. The Morgan fingerprint density at radius 2 is 2.05 bits per heavy atom. The van der Waals surface area contributed by atoms with Gasteiger partial charge in [0.2, 0.25) is 0 Å². The molecule has 1 aromatic carbocycles. The van der Waals surface area contributed by atoms with Gasteiger partial charge in [0.05, 0.1) is 0 Å². The first-order valence-corrected chi connectivity index (χ1v) is 7.95. The molecule has 0 radical (unpaired) electrons. The van der Waals surface area contributed by atoms with Gasteiger partial charge in [0.15, 0.2) is 0 Å². The van der Waals surface area contributed by atoms with Gasteiger partial charge in [0, 0.05) is 19.6 Å². The zero-order valence-corrected chi connectivity index (χ0v) is 12.7. The van der Waals surface area contributed by atoms with Crippen molar-refractivity contribution in [2.24, 2.45) is 5.92 Å². The average Bonchev–Trinajstić information content (AvgIpc) is 2.82. The fraction of sp³-hybridized carbons (Fsp3) is 0.647. The van der Waals surface area contributed by atoms with Crippen molar-refractivity contribution in [1.29, 1.82) is 0 Å². The number of hydrogen-bond acceptors (Lipinski definition) is 2. The number of benzene rings is 1. The van der Waals surface area contributed by atoms with Gasteiger partial charge >= 0.3 is 0 Å². The van der Waals surface area contributed by atoms with Gasteiger partial charge in [-0.1, -0.05) is 6.07 Å². The van der Waals surface area contributed by atoms with Crippen molar-refractivity contribution >= 4 is 0 Å². The molecule has 0 spiro atoms. The fourth-order valence-electron chi connectivity index (χ4n) is 3.66. The van der Waals surface area contributed by atoms with Crippen molar-refractivity contribution in [3.8, 4) is 0 Å². The quantitative estimate of drug-likeness (QED) is 0.922. The predicted octanol–water partition coefficient (Wildman–Crippen LogP) is 3.00. The Balaban J connectivity index is 1.66. The maximum absolute atomic E-state index is 15.2. The number of hydrogen-bond donors (Lipinski definition) is 1. The number of rotatable bonds is 3. The molecule has 1 aromatic rings. The molecule has 1 unspecified atom stereocenters. The topological polar surface area (TPSA) is 15.3 Å². The summed E-state index contributed by atoms with van der Waals surface area (Å²) in [5.41, 5.74) is -0.0913. The Bertz CT molecular complexity index is 479. The maximum Gasteiger partial charge on any atom is 0.149 e. The van der Waals surface area contributed by atoms with Crippen LogP contribution >= 0.6 is 0 Å². The molecule has 2 aliphatic rings. The third kappa shape index (κ3) is 3.43. The Morgan fingerprint density at radius 1 is 1.29 bits per heavy atom. The average molecular weight is 294 g/mol. The van der Waals surface area contributed by atoms with Gasteiger partial charge in [-0.3, -0.25) is 4.90 Å². The summed E-state index contributed by atoms with van der Waals surface area (Å²) in [6.07, 6.45) is 2.82. The Morgan fingerprint density at radius 3 is 2.76 bits per heavy atom. The van der Waals surface area contributed by atoms with E-state index < -0.39 is 5.67 Å². The van der Waals surface area contributed by atoms with Crippen molar-refractivity contribution in [3.05, 3.63) is 35.1 Å². The van der Waals surface area contributed by atoms with Crippen molar-refractivity contribution in [2.45, 2.75) is 31.9 Å². The van der Waals surface area contributed by atoms with Gasteiger partial charge in [-0.15, -0.1) is 0 Å². The molecule has 1 N–H and O–H groups in total. The van der Waals surface area contributed by atoms with Crippen LogP contribution in [0.5, 0.6) is 0 Å². The molecule has 0 bridgehead atoms. The molecule has 2 fully saturated rings. The van der Waals surface area contributed by atoms with E-state index in [9.17, 15) is 4.39 Å². The summed E-state index contributed by atoms with van der Waals surface area (Å²) in [6, 6.07) is 4.60. The van der Waals surface area contributed by atoms with Gasteiger partial charge in [-0.2, -0.15) is 0 Å². The molecule has 2 saturated heterocycles. The molecule has 2 aliphatic heterocycles. The zero-order chi connectivity index (χ0) is 14.9. The van der Waals surface area contributed by atoms with E-state index in [1.807, 2.05) is 6.92 Å². The highest BCUT2D eigenvalue weighted by atomic mass is 19.1. The Kier molecular flexibility index (Phi) is 4.27. The summed E-state index contributed by atoms with van der Waals surface area (Å²) in [6.45, 7) is 6.11. The van der Waals surface area contributed by atoms with Crippen LogP contribution in [0, 0.1) is 18.7 Å². The first kappa shape index (κ1) is 14.9. The van der Waals surface area contributed by atoms with Crippen LogP contribution in [0.25, 0.3) is 0 Å². The van der Waals surface area contributed by atoms with Crippen LogP contribution in [-0.4, -0.2) is 37.6 Å². The first-order chi connectivity index (χ1) is 10.0. The summed E-state index contributed by atoms with van der Waals surface area (Å²) in [4.78, 5) is 2.22. The van der Waals surface area contributed by atoms with Crippen LogP contribution in [0.3, 0.4) is 0 Å². The van der Waals surface area contributed by atoms with E-state index in [0.717, 1.165) is 31.7 Å². The highest BCUT2D eigenvalue weighted by Crippen LogP contribution is 2.37. The number of likely N-dealkylation sites (tertiary alicyclic amines) is 1. The minimum Gasteiger partial charge on any atom is -0.317 e. The van der Waals surface area contributed by atoms with Gasteiger partial charge in [0.1, 0.15) is 11.5 Å². The second-order valence-corrected chi connectivity index (χ2v) is 6.66. The van der Waals surface area contributed by atoms with Gasteiger partial charge in [-0.25, -0.2) is 8.78 Å². The first-order valence-electron chi connectivity index (χ1n) is 7.95. The van der Waals surface area contributed by atoms with Crippen LogP contribution in [0.15, 0.2) is 18.2 Å². The van der Waals surface area contributed by atoms with Crippen molar-refractivity contribution in [2.75, 3.05) is 32.7 Å². The van der Waals surface area contributed by atoms with E-state index in [2.05, 4.69) is 10.2 Å². The van der Waals surface area contributed by atoms with E-state index in [0.29, 0.717) is 24.4 Å². The Labute approximate surface area is 125 Å². The summed E-state index contributed by atoms with van der Waals surface area (Å²) < 4.78 is 28.7. The lowest BCUT2D eigenvalue weighted by molar-refractivity contribution is 0.154. The number of nitrogens with one attached hydrogen (secondary N) is 1. The predicted molar refractivity (Wildman–Crippen MR) is 80.6 cm³/mol. The molecule has 0 amide bonds. The molecule has 116 valence electrons. The second-order valence-electron chi connectivity index (χ2n) is 6.66. The Hall–Kier alpha value is -1.00. The lowest BCUT2D eigenvalue weighted by Gasteiger charge is -2.28. The standard InChI is InChI=1S/C17H24F2N2/c1-13-8-15(10-16(18)9-13)17(19)4-7-21(12-17)11-14-2-5-20-6-3-14/h8-10,14,20H,2-7,11-12H2,1H3. The number of nitrogens with zero attached hydrogens (tertiary/aromatic N) is 1. The molecular weight excluding hydrogens is 270 g/mol. The highest BCUT2D eigenvalue weighted by Gasteiger charge is 2.40. The van der Waals surface area contributed by atoms with Gasteiger partial charge in [-0.05, 0) is 68.5 Å². The van der Waals surface area contributed by atoms with E-state index in [-0.39, 0.29) is 5.82 Å². The molecular formula is C17H24F2N2. The molecule has 0 aromatic heterocycles. The fourth-order valence-corrected chi connectivity index (χ4v) is 3.66. The van der Waals surface area contributed by atoms with Crippen LogP contribution < -0.4 is 5.32 Å². The van der Waals surface area contributed by atoms with Gasteiger partial charge < -0.3 is 5.32 Å². The normalized spacial score (nSPS) is 28.1. The second kappa shape index (κ2) is 6.01. The smallest absolute Gasteiger partial charge is 0.149 e. The van der Waals surface area contributed by atoms with E-state index in [1.54, 1.807) is 6.07 Å². The van der Waals surface area contributed by atoms with Crippen LogP contribution in [0.4, 0.5) is 8.78 Å². The van der Waals surface area contributed by atoms with E-state index >= 15 is 4.39 Å². The maximum atomic E-state index is 15.2. The minimum atomic E-state index is -1.39. The lowest BCUT2D eigenvalue weighted by Crippen LogP contribution is -2.36. The van der Waals surface area contributed by atoms with Crippen LogP contribution in [0.2, 0.25) is 0 Å². The summed E-state index contributed by atoms with van der Waals surface area (Å²) in [7, 11) is 0. The molecule has 2 nitrogen and oxygen atoms in total. The molecule has 21 heavy (non-hydrogen) atoms. The monoisotopic (exact) mass is 294 g/mol. The van der Waals surface area contributed by atoms with Crippen LogP contribution in [0.1, 0.15) is 30.4 Å². The lowest BCUT2D eigenvalue weighted by atomic mass is 9.93. The SMILES string of the molecule is Cc1cc(F)cc(C2(F)CCN(CC3CCNCC3)C2)c1. The molecule has 0 aliphatic carbocycles. The third-order valence-corrected chi connectivity index (χ3v) is 4.83. The molecule has 1 atom stereocenters.